The number of nitrogens with one attached hydrogen (secondary N) is 1. The molecule has 4 nitrogen and oxygen atoms in total. The number of rotatable bonds is 3. The van der Waals surface area contributed by atoms with Crippen LogP contribution in [-0.2, 0) is 0 Å². The third-order valence-electron chi connectivity index (χ3n) is 5.00. The molecule has 0 spiro atoms. The molecule has 1 aliphatic rings. The molecule has 1 N–H and O–H groups in total. The summed E-state index contributed by atoms with van der Waals surface area (Å²) in [4.78, 5) is 17.1. The standard InChI is InChI=1S/C21H17F3N2O2/c1-28-13-2-5-18-15(10-13)16(11-25-18)12-6-8-26(9-7-12)21(27)14-3-4-17(22)20(24)19(14)23/h2-6,10-11,25H,7-9H2,1H3. The van der Waals surface area contributed by atoms with Crippen molar-refractivity contribution in [3.63, 3.8) is 0 Å². The molecule has 28 heavy (non-hydrogen) atoms. The molecule has 0 aliphatic carbocycles. The van der Waals surface area contributed by atoms with Crippen LogP contribution < -0.4 is 4.74 Å². The van der Waals surface area contributed by atoms with Crippen LogP contribution in [0.5, 0.6) is 5.75 Å². The molecule has 4 rings (SSSR count). The Hall–Kier alpha value is -3.22. The van der Waals surface area contributed by atoms with Gasteiger partial charge in [-0.3, -0.25) is 4.79 Å². The fourth-order valence-electron chi connectivity index (χ4n) is 3.45. The van der Waals surface area contributed by atoms with Gasteiger partial charge in [-0.1, -0.05) is 6.08 Å². The zero-order valence-electron chi connectivity index (χ0n) is 15.1. The first-order valence-electron chi connectivity index (χ1n) is 8.77. The van der Waals surface area contributed by atoms with E-state index in [0.717, 1.165) is 39.9 Å². The van der Waals surface area contributed by atoms with Crippen LogP contribution in [0.15, 0.2) is 42.6 Å². The van der Waals surface area contributed by atoms with Crippen LogP contribution in [-0.4, -0.2) is 36.0 Å². The van der Waals surface area contributed by atoms with E-state index >= 15 is 0 Å². The van der Waals surface area contributed by atoms with Crippen LogP contribution in [0.1, 0.15) is 22.3 Å². The largest absolute Gasteiger partial charge is 0.497 e. The summed E-state index contributed by atoms with van der Waals surface area (Å²) in [7, 11) is 1.61. The lowest BCUT2D eigenvalue weighted by Crippen LogP contribution is -2.35. The van der Waals surface area contributed by atoms with E-state index in [0.29, 0.717) is 13.0 Å². The van der Waals surface area contributed by atoms with Crippen LogP contribution in [0.2, 0.25) is 0 Å². The minimum atomic E-state index is -1.63. The number of amides is 1. The SMILES string of the molecule is COc1ccc2[nH]cc(C3=CCN(C(=O)c4ccc(F)c(F)c4F)CC3)c2c1. The predicted octanol–water partition coefficient (Wildman–Crippen LogP) is 4.52. The maximum absolute atomic E-state index is 13.9. The fraction of sp³-hybridized carbons (Fsp3) is 0.190. The van der Waals surface area contributed by atoms with Gasteiger partial charge in [0.15, 0.2) is 17.5 Å². The van der Waals surface area contributed by atoms with Gasteiger partial charge in [-0.15, -0.1) is 0 Å². The number of ether oxygens (including phenoxy) is 1. The van der Waals surface area contributed by atoms with E-state index in [2.05, 4.69) is 4.98 Å². The highest BCUT2D eigenvalue weighted by Crippen LogP contribution is 2.32. The Morgan fingerprint density at radius 3 is 2.68 bits per heavy atom. The summed E-state index contributed by atoms with van der Waals surface area (Å²) in [6.45, 7) is 0.600. The lowest BCUT2D eigenvalue weighted by molar-refractivity contribution is 0.0767. The van der Waals surface area contributed by atoms with Gasteiger partial charge in [0.25, 0.3) is 5.91 Å². The number of H-pyrrole nitrogens is 1. The van der Waals surface area contributed by atoms with E-state index in [1.165, 1.54) is 4.90 Å². The Morgan fingerprint density at radius 2 is 1.96 bits per heavy atom. The number of aromatic amines is 1. The monoisotopic (exact) mass is 386 g/mol. The van der Waals surface area contributed by atoms with Gasteiger partial charge >= 0.3 is 0 Å². The second kappa shape index (κ2) is 7.07. The van der Waals surface area contributed by atoms with Crippen LogP contribution in [0.25, 0.3) is 16.5 Å². The number of methoxy groups -OCH3 is 1. The summed E-state index contributed by atoms with van der Waals surface area (Å²) < 4.78 is 45.7. The summed E-state index contributed by atoms with van der Waals surface area (Å²) in [5.41, 5.74) is 2.57. The summed E-state index contributed by atoms with van der Waals surface area (Å²) in [5.74, 6) is -4.32. The molecule has 7 heteroatoms. The van der Waals surface area contributed by atoms with Crippen molar-refractivity contribution >= 4 is 22.4 Å². The lowest BCUT2D eigenvalue weighted by Gasteiger charge is -2.26. The summed E-state index contributed by atoms with van der Waals surface area (Å²) in [5, 5.41) is 1.01. The van der Waals surface area contributed by atoms with Gasteiger partial charge in [-0.05, 0) is 42.3 Å². The molecule has 0 saturated heterocycles. The average Bonchev–Trinajstić information content (AvgIpc) is 3.15. The van der Waals surface area contributed by atoms with Crippen molar-refractivity contribution in [2.45, 2.75) is 6.42 Å². The Labute approximate surface area is 159 Å². The summed E-state index contributed by atoms with van der Waals surface area (Å²) >= 11 is 0. The van der Waals surface area contributed by atoms with Crippen molar-refractivity contribution in [1.82, 2.24) is 9.88 Å². The maximum atomic E-state index is 13.9. The highest BCUT2D eigenvalue weighted by molar-refractivity contribution is 5.96. The topological polar surface area (TPSA) is 45.3 Å². The van der Waals surface area contributed by atoms with E-state index in [1.54, 1.807) is 7.11 Å². The molecule has 0 saturated carbocycles. The molecule has 0 fully saturated rings. The van der Waals surface area contributed by atoms with Gasteiger partial charge in [-0.2, -0.15) is 0 Å². The van der Waals surface area contributed by atoms with Crippen molar-refractivity contribution < 1.29 is 22.7 Å². The first kappa shape index (κ1) is 18.2. The highest BCUT2D eigenvalue weighted by Gasteiger charge is 2.25. The second-order valence-corrected chi connectivity index (χ2v) is 6.57. The number of carbonyl (C=O) groups excluding carboxylic acids is 1. The van der Waals surface area contributed by atoms with Gasteiger partial charge in [0.1, 0.15) is 5.75 Å². The molecule has 1 amide bonds. The van der Waals surface area contributed by atoms with E-state index in [1.807, 2.05) is 30.5 Å². The Kier molecular flexibility index (Phi) is 4.58. The van der Waals surface area contributed by atoms with Gasteiger partial charge in [0.2, 0.25) is 0 Å². The first-order chi connectivity index (χ1) is 13.5. The molecular formula is C21H17F3N2O2. The van der Waals surface area contributed by atoms with Crippen LogP contribution in [0.4, 0.5) is 13.2 Å². The van der Waals surface area contributed by atoms with Crippen LogP contribution in [0, 0.1) is 17.5 Å². The van der Waals surface area contributed by atoms with Crippen LogP contribution in [0.3, 0.4) is 0 Å². The highest BCUT2D eigenvalue weighted by atomic mass is 19.2. The van der Waals surface area contributed by atoms with Crippen molar-refractivity contribution in [3.05, 3.63) is 71.2 Å². The Bertz CT molecular complexity index is 1100. The molecule has 0 unspecified atom stereocenters. The number of nitrogens with zero attached hydrogens (tertiary/aromatic N) is 1. The second-order valence-electron chi connectivity index (χ2n) is 6.57. The molecule has 144 valence electrons. The first-order valence-corrected chi connectivity index (χ1v) is 8.77. The molecule has 2 heterocycles. The van der Waals surface area contributed by atoms with Gasteiger partial charge < -0.3 is 14.6 Å². The number of hydrogen-bond acceptors (Lipinski definition) is 2. The smallest absolute Gasteiger partial charge is 0.257 e. The van der Waals surface area contributed by atoms with Crippen molar-refractivity contribution in [2.75, 3.05) is 20.2 Å². The van der Waals surface area contributed by atoms with Crippen molar-refractivity contribution in [3.8, 4) is 5.75 Å². The van der Waals surface area contributed by atoms with Gasteiger partial charge in [0.05, 0.1) is 12.7 Å². The molecule has 0 bridgehead atoms. The number of aromatic nitrogens is 1. The maximum Gasteiger partial charge on any atom is 0.257 e. The molecule has 2 aromatic carbocycles. The Morgan fingerprint density at radius 1 is 1.14 bits per heavy atom. The fourth-order valence-corrected chi connectivity index (χ4v) is 3.45. The molecular weight excluding hydrogens is 369 g/mol. The third kappa shape index (κ3) is 3.02. The quantitative estimate of drug-likeness (QED) is 0.673. The third-order valence-corrected chi connectivity index (χ3v) is 5.00. The number of fused-ring (bicyclic) bond motifs is 1. The number of benzene rings is 2. The number of halogens is 3. The minimum Gasteiger partial charge on any atom is -0.497 e. The number of carbonyl (C=O) groups is 1. The Balaban J connectivity index is 1.58. The molecule has 1 aliphatic heterocycles. The minimum absolute atomic E-state index is 0.253. The molecule has 0 radical (unpaired) electrons. The predicted molar refractivity (Wildman–Crippen MR) is 99.7 cm³/mol. The normalized spacial score (nSPS) is 14.3. The van der Waals surface area contributed by atoms with Crippen molar-refractivity contribution in [2.24, 2.45) is 0 Å². The average molecular weight is 386 g/mol. The molecule has 1 aromatic heterocycles. The van der Waals surface area contributed by atoms with Crippen LogP contribution >= 0.6 is 0 Å². The lowest BCUT2D eigenvalue weighted by atomic mass is 9.98. The zero-order valence-corrected chi connectivity index (χ0v) is 15.1. The molecule has 3 aromatic rings. The van der Waals surface area contributed by atoms with Crippen molar-refractivity contribution in [1.29, 1.82) is 0 Å². The summed E-state index contributed by atoms with van der Waals surface area (Å²) in [6.07, 6.45) is 4.35. The van der Waals surface area contributed by atoms with E-state index in [-0.39, 0.29) is 6.54 Å². The van der Waals surface area contributed by atoms with Gasteiger partial charge in [0, 0.05) is 35.8 Å². The van der Waals surface area contributed by atoms with E-state index < -0.39 is 28.9 Å². The van der Waals surface area contributed by atoms with E-state index in [4.69, 9.17) is 4.74 Å². The van der Waals surface area contributed by atoms with Gasteiger partial charge in [-0.25, -0.2) is 13.2 Å². The number of hydrogen-bond donors (Lipinski definition) is 1. The zero-order chi connectivity index (χ0) is 19.8. The summed E-state index contributed by atoms with van der Waals surface area (Å²) in [6, 6.07) is 7.48. The van der Waals surface area contributed by atoms with E-state index in [9.17, 15) is 18.0 Å². The molecule has 0 atom stereocenters.